The summed E-state index contributed by atoms with van der Waals surface area (Å²) in [6, 6.07) is 11.1. The molecular formula is C15H13N3O2S2. The number of hydrogen-bond donors (Lipinski definition) is 2. The third kappa shape index (κ3) is 3.55. The highest BCUT2D eigenvalue weighted by Crippen LogP contribution is 2.19. The Balaban J connectivity index is 1.55. The van der Waals surface area contributed by atoms with Crippen molar-refractivity contribution in [1.82, 2.24) is 9.97 Å². The Morgan fingerprint density at radius 3 is 2.91 bits per heavy atom. The molecule has 7 heteroatoms. The van der Waals surface area contributed by atoms with Gasteiger partial charge >= 0.3 is 0 Å². The molecule has 0 unspecified atom stereocenters. The monoisotopic (exact) mass is 331 g/mol. The van der Waals surface area contributed by atoms with E-state index in [1.165, 1.54) is 23.1 Å². The van der Waals surface area contributed by atoms with Gasteiger partial charge in [0, 0.05) is 17.9 Å². The van der Waals surface area contributed by atoms with Crippen molar-refractivity contribution in [2.45, 2.75) is 11.6 Å². The molecule has 1 aromatic carbocycles. The van der Waals surface area contributed by atoms with Gasteiger partial charge in [-0.3, -0.25) is 9.59 Å². The molecule has 0 bridgehead atoms. The molecule has 3 rings (SSSR count). The Labute approximate surface area is 134 Å². The molecule has 1 amide bonds. The first-order valence-corrected chi connectivity index (χ1v) is 8.54. The molecule has 5 nitrogen and oxygen atoms in total. The Morgan fingerprint density at radius 1 is 1.27 bits per heavy atom. The molecule has 0 aliphatic carbocycles. The highest BCUT2D eigenvalue weighted by Gasteiger charge is 2.07. The molecule has 2 N–H and O–H groups in total. The van der Waals surface area contributed by atoms with Crippen LogP contribution in [0, 0.1) is 0 Å². The molecular weight excluding hydrogens is 318 g/mol. The van der Waals surface area contributed by atoms with Gasteiger partial charge < -0.3 is 10.3 Å². The molecule has 2 aromatic heterocycles. The van der Waals surface area contributed by atoms with Crippen LogP contribution in [-0.2, 0) is 4.79 Å². The van der Waals surface area contributed by atoms with Crippen LogP contribution in [0.5, 0.6) is 0 Å². The van der Waals surface area contributed by atoms with Crippen LogP contribution in [0.3, 0.4) is 0 Å². The molecule has 0 radical (unpaired) electrons. The normalized spacial score (nSPS) is 10.7. The standard InChI is InChI=1S/C15H13N3O2S2/c19-12(16-10-4-2-1-3-5-10)7-9-22-15-17-13(20)11-6-8-21-14(11)18-15/h1-6,8H,7,9H2,(H,16,19)(H,17,18,20). The summed E-state index contributed by atoms with van der Waals surface area (Å²) in [5, 5.41) is 5.82. The third-order valence-electron chi connectivity index (χ3n) is 2.94. The second-order valence-corrected chi connectivity index (χ2v) is 6.50. The largest absolute Gasteiger partial charge is 0.326 e. The van der Waals surface area contributed by atoms with Gasteiger partial charge in [0.1, 0.15) is 4.83 Å². The maximum Gasteiger partial charge on any atom is 0.260 e. The summed E-state index contributed by atoms with van der Waals surface area (Å²) in [6.07, 6.45) is 0.353. The van der Waals surface area contributed by atoms with Crippen molar-refractivity contribution in [3.8, 4) is 0 Å². The van der Waals surface area contributed by atoms with Crippen LogP contribution in [0.4, 0.5) is 5.69 Å². The van der Waals surface area contributed by atoms with Crippen LogP contribution in [-0.4, -0.2) is 21.6 Å². The summed E-state index contributed by atoms with van der Waals surface area (Å²) in [4.78, 5) is 31.5. The minimum Gasteiger partial charge on any atom is -0.326 e. The minimum absolute atomic E-state index is 0.0572. The number of anilines is 1. The van der Waals surface area contributed by atoms with Gasteiger partial charge in [-0.05, 0) is 23.6 Å². The first-order valence-electron chi connectivity index (χ1n) is 6.67. The number of nitrogens with one attached hydrogen (secondary N) is 2. The number of H-pyrrole nitrogens is 1. The van der Waals surface area contributed by atoms with Crippen molar-refractivity contribution in [3.63, 3.8) is 0 Å². The van der Waals surface area contributed by atoms with E-state index >= 15 is 0 Å². The van der Waals surface area contributed by atoms with E-state index in [0.717, 1.165) is 10.5 Å². The van der Waals surface area contributed by atoms with Crippen LogP contribution in [0.2, 0.25) is 0 Å². The second-order valence-electron chi connectivity index (χ2n) is 4.52. The Bertz CT molecular complexity index is 843. The highest BCUT2D eigenvalue weighted by atomic mass is 32.2. The van der Waals surface area contributed by atoms with E-state index in [1.54, 1.807) is 6.07 Å². The van der Waals surface area contributed by atoms with Gasteiger partial charge in [-0.2, -0.15) is 0 Å². The van der Waals surface area contributed by atoms with Crippen LogP contribution < -0.4 is 10.9 Å². The Hall–Kier alpha value is -2.12. The number of aromatic nitrogens is 2. The quantitative estimate of drug-likeness (QED) is 0.556. The first-order chi connectivity index (χ1) is 10.7. The van der Waals surface area contributed by atoms with Gasteiger partial charge in [0.05, 0.1) is 5.39 Å². The van der Waals surface area contributed by atoms with Crippen LogP contribution in [0.15, 0.2) is 51.7 Å². The fourth-order valence-electron chi connectivity index (χ4n) is 1.90. The summed E-state index contributed by atoms with van der Waals surface area (Å²) in [5.74, 6) is 0.497. The summed E-state index contributed by atoms with van der Waals surface area (Å²) in [6.45, 7) is 0. The lowest BCUT2D eigenvalue weighted by Crippen LogP contribution is -2.12. The molecule has 3 aromatic rings. The van der Waals surface area contributed by atoms with E-state index in [9.17, 15) is 9.59 Å². The smallest absolute Gasteiger partial charge is 0.260 e. The number of thiophene rings is 1. The van der Waals surface area contributed by atoms with E-state index < -0.39 is 0 Å². The number of thioether (sulfide) groups is 1. The van der Waals surface area contributed by atoms with E-state index in [4.69, 9.17) is 0 Å². The predicted molar refractivity (Wildman–Crippen MR) is 90.7 cm³/mol. The van der Waals surface area contributed by atoms with Crippen molar-refractivity contribution in [3.05, 3.63) is 52.1 Å². The lowest BCUT2D eigenvalue weighted by Gasteiger charge is -2.04. The molecule has 0 atom stereocenters. The summed E-state index contributed by atoms with van der Waals surface area (Å²) in [7, 11) is 0. The summed E-state index contributed by atoms with van der Waals surface area (Å²) < 4.78 is 0. The third-order valence-corrected chi connectivity index (χ3v) is 4.62. The number of carbonyl (C=O) groups excluding carboxylic acids is 1. The zero-order valence-electron chi connectivity index (χ0n) is 11.5. The van der Waals surface area contributed by atoms with Crippen molar-refractivity contribution in [2.24, 2.45) is 0 Å². The van der Waals surface area contributed by atoms with Gasteiger partial charge in [-0.25, -0.2) is 4.98 Å². The summed E-state index contributed by atoms with van der Waals surface area (Å²) >= 11 is 2.80. The van der Waals surface area contributed by atoms with Crippen LogP contribution in [0.25, 0.3) is 10.2 Å². The topological polar surface area (TPSA) is 74.8 Å². The predicted octanol–water partition coefficient (Wildman–Crippen LogP) is 3.11. The highest BCUT2D eigenvalue weighted by molar-refractivity contribution is 7.99. The minimum atomic E-state index is -0.137. The van der Waals surface area contributed by atoms with E-state index in [-0.39, 0.29) is 11.5 Å². The molecule has 0 spiro atoms. The maximum atomic E-state index is 11.8. The number of amides is 1. The second kappa shape index (κ2) is 6.76. The van der Waals surface area contributed by atoms with E-state index in [1.807, 2.05) is 35.7 Å². The van der Waals surface area contributed by atoms with Gasteiger partial charge in [0.25, 0.3) is 5.56 Å². The fraction of sp³-hybridized carbons (Fsp3) is 0.133. The number of fused-ring (bicyclic) bond motifs is 1. The van der Waals surface area contributed by atoms with Crippen molar-refractivity contribution < 1.29 is 4.79 Å². The van der Waals surface area contributed by atoms with Crippen LogP contribution >= 0.6 is 23.1 Å². The number of benzene rings is 1. The molecule has 112 valence electrons. The molecule has 2 heterocycles. The van der Waals surface area contributed by atoms with Crippen molar-refractivity contribution >= 4 is 44.9 Å². The van der Waals surface area contributed by atoms with Crippen molar-refractivity contribution in [1.29, 1.82) is 0 Å². The van der Waals surface area contributed by atoms with Gasteiger partial charge in [0.2, 0.25) is 5.91 Å². The SMILES string of the molecule is O=C(CCSc1nc2sccc2c(=O)[nH]1)Nc1ccccc1. The fourth-order valence-corrected chi connectivity index (χ4v) is 3.52. The summed E-state index contributed by atoms with van der Waals surface area (Å²) in [5.41, 5.74) is 0.645. The lowest BCUT2D eigenvalue weighted by molar-refractivity contribution is -0.115. The number of para-hydroxylation sites is 1. The number of hydrogen-bond acceptors (Lipinski definition) is 5. The number of aromatic amines is 1. The molecule has 0 fully saturated rings. The Kier molecular flexibility index (Phi) is 4.55. The molecule has 22 heavy (non-hydrogen) atoms. The zero-order chi connectivity index (χ0) is 15.4. The number of nitrogens with zero attached hydrogens (tertiary/aromatic N) is 1. The number of rotatable bonds is 5. The first kappa shape index (κ1) is 14.8. The molecule has 0 aliphatic rings. The Morgan fingerprint density at radius 2 is 2.09 bits per heavy atom. The zero-order valence-corrected chi connectivity index (χ0v) is 13.2. The van der Waals surface area contributed by atoms with Crippen LogP contribution in [0.1, 0.15) is 6.42 Å². The average molecular weight is 331 g/mol. The molecule has 0 aliphatic heterocycles. The lowest BCUT2D eigenvalue weighted by atomic mass is 10.3. The number of carbonyl (C=O) groups is 1. The molecule has 0 saturated heterocycles. The van der Waals surface area contributed by atoms with Gasteiger partial charge in [-0.15, -0.1) is 11.3 Å². The van der Waals surface area contributed by atoms with Gasteiger partial charge in [0.15, 0.2) is 5.16 Å². The maximum absolute atomic E-state index is 11.8. The average Bonchev–Trinajstić information content (AvgIpc) is 2.97. The van der Waals surface area contributed by atoms with Crippen molar-refractivity contribution in [2.75, 3.05) is 11.1 Å². The molecule has 0 saturated carbocycles. The van der Waals surface area contributed by atoms with E-state index in [0.29, 0.717) is 22.7 Å². The van der Waals surface area contributed by atoms with Gasteiger partial charge in [-0.1, -0.05) is 30.0 Å². The van der Waals surface area contributed by atoms with E-state index in [2.05, 4.69) is 15.3 Å².